The second kappa shape index (κ2) is 6.01. The molecule has 2 unspecified atom stereocenters. The van der Waals surface area contributed by atoms with Gasteiger partial charge in [-0.15, -0.1) is 0 Å². The van der Waals surface area contributed by atoms with Crippen LogP contribution in [0.5, 0.6) is 6.01 Å². The van der Waals surface area contributed by atoms with E-state index in [4.69, 9.17) is 9.47 Å². The highest BCUT2D eigenvalue weighted by atomic mass is 16.5. The predicted octanol–water partition coefficient (Wildman–Crippen LogP) is 0.926. The first-order valence-electron chi connectivity index (χ1n) is 6.59. The van der Waals surface area contributed by atoms with E-state index >= 15 is 0 Å². The number of morpholine rings is 1. The molecule has 1 saturated heterocycles. The number of ether oxygens (including phenoxy) is 2. The normalized spacial score (nSPS) is 23.3. The van der Waals surface area contributed by atoms with Crippen molar-refractivity contribution in [3.8, 4) is 6.01 Å². The van der Waals surface area contributed by atoms with Crippen LogP contribution in [-0.2, 0) is 4.74 Å². The van der Waals surface area contributed by atoms with Crippen LogP contribution in [-0.4, -0.2) is 53.9 Å². The molecule has 2 atom stereocenters. The zero-order chi connectivity index (χ0) is 13.8. The summed E-state index contributed by atoms with van der Waals surface area (Å²) in [4.78, 5) is 15.1. The minimum absolute atomic E-state index is 0.168. The lowest BCUT2D eigenvalue weighted by Gasteiger charge is -2.36. The van der Waals surface area contributed by atoms with Crippen LogP contribution in [0, 0.1) is 0 Å². The summed E-state index contributed by atoms with van der Waals surface area (Å²) in [5.41, 5.74) is 0. The van der Waals surface area contributed by atoms with Crippen LogP contribution < -0.4 is 15.0 Å². The number of anilines is 2. The van der Waals surface area contributed by atoms with Crippen LogP contribution in [0.15, 0.2) is 0 Å². The molecule has 0 radical (unpaired) electrons. The van der Waals surface area contributed by atoms with Crippen molar-refractivity contribution >= 4 is 11.9 Å². The molecule has 1 aromatic heterocycles. The number of hydrogen-bond donors (Lipinski definition) is 1. The molecule has 0 bridgehead atoms. The SMILES string of the molecule is CCOc1nc(NC)nc(N2CC(C)OCC2C)n1. The molecule has 2 rings (SSSR count). The molecule has 0 amide bonds. The Morgan fingerprint density at radius 3 is 2.84 bits per heavy atom. The summed E-state index contributed by atoms with van der Waals surface area (Å²) >= 11 is 0. The van der Waals surface area contributed by atoms with E-state index in [-0.39, 0.29) is 12.1 Å². The minimum Gasteiger partial charge on any atom is -0.464 e. The molecule has 19 heavy (non-hydrogen) atoms. The predicted molar refractivity (Wildman–Crippen MR) is 72.8 cm³/mol. The van der Waals surface area contributed by atoms with Gasteiger partial charge < -0.3 is 19.7 Å². The fraction of sp³-hybridized carbons (Fsp3) is 0.750. The van der Waals surface area contributed by atoms with Gasteiger partial charge in [-0.2, -0.15) is 15.0 Å². The largest absolute Gasteiger partial charge is 0.464 e. The summed E-state index contributed by atoms with van der Waals surface area (Å²) in [7, 11) is 1.78. The first-order valence-corrected chi connectivity index (χ1v) is 6.59. The van der Waals surface area contributed by atoms with Gasteiger partial charge in [-0.05, 0) is 20.8 Å². The molecule has 1 aromatic rings. The zero-order valence-electron chi connectivity index (χ0n) is 11.9. The molecular weight excluding hydrogens is 246 g/mol. The van der Waals surface area contributed by atoms with E-state index in [0.29, 0.717) is 31.1 Å². The molecule has 7 nitrogen and oxygen atoms in total. The van der Waals surface area contributed by atoms with Crippen molar-refractivity contribution in [1.82, 2.24) is 15.0 Å². The molecule has 2 heterocycles. The number of hydrogen-bond acceptors (Lipinski definition) is 7. The van der Waals surface area contributed by atoms with Crippen molar-refractivity contribution in [2.75, 3.05) is 37.0 Å². The van der Waals surface area contributed by atoms with Crippen molar-refractivity contribution in [2.45, 2.75) is 32.9 Å². The summed E-state index contributed by atoms with van der Waals surface area (Å²) < 4.78 is 11.0. The van der Waals surface area contributed by atoms with Gasteiger partial charge in [0.2, 0.25) is 11.9 Å². The Labute approximate surface area is 113 Å². The summed E-state index contributed by atoms with van der Waals surface area (Å²) in [6.07, 6.45) is 0.168. The monoisotopic (exact) mass is 267 g/mol. The van der Waals surface area contributed by atoms with Gasteiger partial charge in [-0.1, -0.05) is 0 Å². The van der Waals surface area contributed by atoms with Gasteiger partial charge in [-0.3, -0.25) is 0 Å². The van der Waals surface area contributed by atoms with Gasteiger partial charge in [0.1, 0.15) is 0 Å². The maximum atomic E-state index is 5.62. The third kappa shape index (κ3) is 3.23. The Bertz CT molecular complexity index is 429. The van der Waals surface area contributed by atoms with Crippen LogP contribution in [0.3, 0.4) is 0 Å². The van der Waals surface area contributed by atoms with Crippen molar-refractivity contribution < 1.29 is 9.47 Å². The molecule has 1 aliphatic rings. The fourth-order valence-corrected chi connectivity index (χ4v) is 1.96. The maximum Gasteiger partial charge on any atom is 0.323 e. The van der Waals surface area contributed by atoms with Crippen LogP contribution in [0.1, 0.15) is 20.8 Å². The van der Waals surface area contributed by atoms with Crippen molar-refractivity contribution in [3.63, 3.8) is 0 Å². The molecule has 7 heteroatoms. The van der Waals surface area contributed by atoms with Gasteiger partial charge in [0.05, 0.1) is 25.4 Å². The van der Waals surface area contributed by atoms with Crippen LogP contribution in [0.4, 0.5) is 11.9 Å². The van der Waals surface area contributed by atoms with Gasteiger partial charge in [-0.25, -0.2) is 0 Å². The van der Waals surface area contributed by atoms with Crippen LogP contribution in [0.2, 0.25) is 0 Å². The van der Waals surface area contributed by atoms with E-state index in [1.165, 1.54) is 0 Å². The van der Waals surface area contributed by atoms with Crippen LogP contribution >= 0.6 is 0 Å². The fourth-order valence-electron chi connectivity index (χ4n) is 1.96. The summed E-state index contributed by atoms with van der Waals surface area (Å²) in [5, 5.41) is 2.93. The standard InChI is InChI=1S/C12H21N5O2/c1-5-18-12-15-10(13-4)14-11(16-12)17-6-9(3)19-7-8(17)2/h8-9H,5-7H2,1-4H3,(H,13,14,15,16). The van der Waals surface area contributed by atoms with E-state index in [1.807, 2.05) is 13.8 Å². The Kier molecular flexibility index (Phi) is 4.36. The average molecular weight is 267 g/mol. The lowest BCUT2D eigenvalue weighted by molar-refractivity contribution is 0.0336. The number of nitrogens with zero attached hydrogens (tertiary/aromatic N) is 4. The van der Waals surface area contributed by atoms with Crippen LogP contribution in [0.25, 0.3) is 0 Å². The van der Waals surface area contributed by atoms with Gasteiger partial charge in [0.25, 0.3) is 0 Å². The zero-order valence-corrected chi connectivity index (χ0v) is 11.9. The van der Waals surface area contributed by atoms with Gasteiger partial charge in [0, 0.05) is 13.6 Å². The van der Waals surface area contributed by atoms with E-state index < -0.39 is 0 Å². The molecule has 1 aliphatic heterocycles. The summed E-state index contributed by atoms with van der Waals surface area (Å²) in [6.45, 7) is 8.01. The molecule has 106 valence electrons. The molecule has 0 aliphatic carbocycles. The second-order valence-electron chi connectivity index (χ2n) is 4.57. The smallest absolute Gasteiger partial charge is 0.323 e. The van der Waals surface area contributed by atoms with Gasteiger partial charge in [0.15, 0.2) is 0 Å². The first-order chi connectivity index (χ1) is 9.13. The Balaban J connectivity index is 2.28. The Morgan fingerprint density at radius 1 is 1.37 bits per heavy atom. The highest BCUT2D eigenvalue weighted by Gasteiger charge is 2.26. The van der Waals surface area contributed by atoms with Crippen molar-refractivity contribution in [3.05, 3.63) is 0 Å². The molecule has 1 N–H and O–H groups in total. The second-order valence-corrected chi connectivity index (χ2v) is 4.57. The molecular formula is C12H21N5O2. The van der Waals surface area contributed by atoms with E-state index in [9.17, 15) is 0 Å². The average Bonchev–Trinajstić information content (AvgIpc) is 2.41. The number of aromatic nitrogens is 3. The Morgan fingerprint density at radius 2 is 2.16 bits per heavy atom. The molecule has 0 saturated carbocycles. The topological polar surface area (TPSA) is 72.4 Å². The highest BCUT2D eigenvalue weighted by molar-refractivity contribution is 5.39. The molecule has 0 aromatic carbocycles. The summed E-state index contributed by atoms with van der Waals surface area (Å²) in [5.74, 6) is 1.14. The lowest BCUT2D eigenvalue weighted by atomic mass is 10.2. The van der Waals surface area contributed by atoms with E-state index in [2.05, 4.69) is 32.1 Å². The summed E-state index contributed by atoms with van der Waals surface area (Å²) in [6, 6.07) is 0.584. The van der Waals surface area contributed by atoms with Gasteiger partial charge >= 0.3 is 6.01 Å². The molecule has 0 spiro atoms. The van der Waals surface area contributed by atoms with Crippen molar-refractivity contribution in [1.29, 1.82) is 0 Å². The quantitative estimate of drug-likeness (QED) is 0.869. The minimum atomic E-state index is 0.168. The Hall–Kier alpha value is -1.63. The number of rotatable bonds is 4. The highest BCUT2D eigenvalue weighted by Crippen LogP contribution is 2.20. The maximum absolute atomic E-state index is 5.62. The first kappa shape index (κ1) is 13.8. The van der Waals surface area contributed by atoms with Crippen molar-refractivity contribution in [2.24, 2.45) is 0 Å². The third-order valence-electron chi connectivity index (χ3n) is 2.96. The van der Waals surface area contributed by atoms with E-state index in [0.717, 1.165) is 6.54 Å². The lowest BCUT2D eigenvalue weighted by Crippen LogP contribution is -2.48. The van der Waals surface area contributed by atoms with E-state index in [1.54, 1.807) is 7.05 Å². The third-order valence-corrected chi connectivity index (χ3v) is 2.96. The number of nitrogens with one attached hydrogen (secondary N) is 1. The molecule has 1 fully saturated rings.